The molecule has 2 aromatic rings. The Hall–Kier alpha value is -1.64. The highest BCUT2D eigenvalue weighted by molar-refractivity contribution is 5.93. The average Bonchev–Trinajstić information content (AvgIpc) is 2.21. The maximum atomic E-state index is 13.1. The van der Waals surface area contributed by atoms with E-state index in [0.29, 0.717) is 0 Å². The first-order chi connectivity index (χ1) is 7.13. The third kappa shape index (κ3) is 1.54. The van der Waals surface area contributed by atoms with E-state index in [1.165, 1.54) is 12.1 Å². The summed E-state index contributed by atoms with van der Waals surface area (Å²) < 4.78 is 13.1. The Morgan fingerprint density at radius 1 is 1.27 bits per heavy atom. The molecule has 0 amide bonds. The molecule has 2 rings (SSSR count). The fourth-order valence-corrected chi connectivity index (χ4v) is 1.78. The van der Waals surface area contributed by atoms with Gasteiger partial charge >= 0.3 is 0 Å². The van der Waals surface area contributed by atoms with Crippen LogP contribution in [-0.2, 0) is 0 Å². The fraction of sp³-hybridized carbons (Fsp3) is 0.250. The number of nitrogens with one attached hydrogen (secondary N) is 1. The van der Waals surface area contributed by atoms with Gasteiger partial charge in [0.1, 0.15) is 5.82 Å². The molecule has 0 radical (unpaired) electrons. The van der Waals surface area contributed by atoms with Gasteiger partial charge in [-0.25, -0.2) is 4.39 Å². The molecule has 0 fully saturated rings. The first kappa shape index (κ1) is 9.90. The van der Waals surface area contributed by atoms with Crippen molar-refractivity contribution in [2.24, 2.45) is 0 Å². The number of aryl methyl sites for hydroxylation is 1. The Kier molecular flexibility index (Phi) is 2.31. The third-order valence-corrected chi connectivity index (χ3v) is 2.68. The largest absolute Gasteiger partial charge is 0.387 e. The van der Waals surface area contributed by atoms with Gasteiger partial charge < -0.3 is 5.32 Å². The molecule has 0 saturated heterocycles. The number of anilines is 1. The third-order valence-electron chi connectivity index (χ3n) is 2.68. The van der Waals surface area contributed by atoms with Gasteiger partial charge in [-0.1, -0.05) is 0 Å². The molecule has 0 aliphatic heterocycles. The van der Waals surface area contributed by atoms with Gasteiger partial charge in [-0.2, -0.15) is 0 Å². The second-order valence-electron chi connectivity index (χ2n) is 3.61. The summed E-state index contributed by atoms with van der Waals surface area (Å²) in [7, 11) is 1.84. The van der Waals surface area contributed by atoms with E-state index in [1.807, 2.05) is 20.9 Å². The molecule has 1 N–H and O–H groups in total. The van der Waals surface area contributed by atoms with Crippen molar-refractivity contribution in [2.75, 3.05) is 12.4 Å². The van der Waals surface area contributed by atoms with Crippen molar-refractivity contribution >= 4 is 16.6 Å². The maximum Gasteiger partial charge on any atom is 0.124 e. The van der Waals surface area contributed by atoms with E-state index in [1.54, 1.807) is 6.07 Å². The Morgan fingerprint density at radius 3 is 2.67 bits per heavy atom. The average molecular weight is 204 g/mol. The highest BCUT2D eigenvalue weighted by Gasteiger charge is 2.08. The van der Waals surface area contributed by atoms with Gasteiger partial charge in [-0.3, -0.25) is 4.98 Å². The number of hydrogen-bond acceptors (Lipinski definition) is 2. The van der Waals surface area contributed by atoms with Crippen molar-refractivity contribution in [3.63, 3.8) is 0 Å². The lowest BCUT2D eigenvalue weighted by Crippen LogP contribution is -1.98. The predicted octanol–water partition coefficient (Wildman–Crippen LogP) is 3.03. The van der Waals surface area contributed by atoms with Crippen molar-refractivity contribution in [2.45, 2.75) is 13.8 Å². The Labute approximate surface area is 88.1 Å². The molecule has 1 aromatic heterocycles. The maximum absolute atomic E-state index is 13.1. The lowest BCUT2D eigenvalue weighted by Gasteiger charge is -2.11. The van der Waals surface area contributed by atoms with Crippen LogP contribution in [0.5, 0.6) is 0 Å². The highest BCUT2D eigenvalue weighted by Crippen LogP contribution is 2.27. The van der Waals surface area contributed by atoms with Crippen molar-refractivity contribution in [3.8, 4) is 0 Å². The van der Waals surface area contributed by atoms with E-state index < -0.39 is 0 Å². The smallest absolute Gasteiger partial charge is 0.124 e. The molecule has 1 aromatic carbocycles. The normalized spacial score (nSPS) is 10.7. The molecule has 2 nitrogen and oxygen atoms in total. The van der Waals surface area contributed by atoms with Crippen molar-refractivity contribution in [3.05, 3.63) is 35.3 Å². The van der Waals surface area contributed by atoms with Crippen molar-refractivity contribution in [1.82, 2.24) is 4.98 Å². The number of benzene rings is 1. The summed E-state index contributed by atoms with van der Waals surface area (Å²) in [6.45, 7) is 3.94. The predicted molar refractivity (Wildman–Crippen MR) is 60.7 cm³/mol. The molecule has 0 unspecified atom stereocenters. The quantitative estimate of drug-likeness (QED) is 0.772. The van der Waals surface area contributed by atoms with Gasteiger partial charge in [-0.05, 0) is 37.6 Å². The monoisotopic (exact) mass is 204 g/mol. The summed E-state index contributed by atoms with van der Waals surface area (Å²) in [5.41, 5.74) is 3.81. The van der Waals surface area contributed by atoms with Crippen LogP contribution in [0.3, 0.4) is 0 Å². The fourth-order valence-electron chi connectivity index (χ4n) is 1.78. The zero-order chi connectivity index (χ0) is 11.0. The van der Waals surface area contributed by atoms with Gasteiger partial charge in [0, 0.05) is 23.8 Å². The lowest BCUT2D eigenvalue weighted by atomic mass is 10.1. The van der Waals surface area contributed by atoms with E-state index in [2.05, 4.69) is 10.3 Å². The van der Waals surface area contributed by atoms with Crippen molar-refractivity contribution in [1.29, 1.82) is 0 Å². The second-order valence-corrected chi connectivity index (χ2v) is 3.61. The molecule has 0 spiro atoms. The SMILES string of the molecule is CNc1c(C)c(C)nc2ccc(F)cc12. The number of fused-ring (bicyclic) bond motifs is 1. The van der Waals surface area contributed by atoms with E-state index in [-0.39, 0.29) is 5.82 Å². The van der Waals surface area contributed by atoms with E-state index in [4.69, 9.17) is 0 Å². The van der Waals surface area contributed by atoms with Crippen LogP contribution in [0.25, 0.3) is 10.9 Å². The zero-order valence-electron chi connectivity index (χ0n) is 9.06. The first-order valence-electron chi connectivity index (χ1n) is 4.87. The molecule has 0 aliphatic rings. The molecule has 0 saturated carbocycles. The van der Waals surface area contributed by atoms with Crippen LogP contribution in [0.4, 0.5) is 10.1 Å². The molecule has 15 heavy (non-hydrogen) atoms. The number of pyridine rings is 1. The van der Waals surface area contributed by atoms with Crippen LogP contribution in [0, 0.1) is 19.7 Å². The molecular formula is C12H13FN2. The molecule has 0 aliphatic carbocycles. The van der Waals surface area contributed by atoms with E-state index in [9.17, 15) is 4.39 Å². The Morgan fingerprint density at radius 2 is 2.00 bits per heavy atom. The summed E-state index contributed by atoms with van der Waals surface area (Å²) >= 11 is 0. The number of rotatable bonds is 1. The molecule has 78 valence electrons. The van der Waals surface area contributed by atoms with Crippen LogP contribution in [-0.4, -0.2) is 12.0 Å². The lowest BCUT2D eigenvalue weighted by molar-refractivity contribution is 0.629. The minimum absolute atomic E-state index is 0.232. The first-order valence-corrected chi connectivity index (χ1v) is 4.87. The Bertz CT molecular complexity index is 521. The highest BCUT2D eigenvalue weighted by atomic mass is 19.1. The number of nitrogens with zero attached hydrogens (tertiary/aromatic N) is 1. The molecule has 1 heterocycles. The molecule has 0 bridgehead atoms. The van der Waals surface area contributed by atoms with E-state index >= 15 is 0 Å². The van der Waals surface area contributed by atoms with Crippen molar-refractivity contribution < 1.29 is 4.39 Å². The molecule has 0 atom stereocenters. The minimum Gasteiger partial charge on any atom is -0.387 e. The molecule has 3 heteroatoms. The summed E-state index contributed by atoms with van der Waals surface area (Å²) in [6, 6.07) is 4.65. The topological polar surface area (TPSA) is 24.9 Å². The summed E-state index contributed by atoms with van der Waals surface area (Å²) in [4.78, 5) is 4.42. The summed E-state index contributed by atoms with van der Waals surface area (Å²) in [6.07, 6.45) is 0. The zero-order valence-corrected chi connectivity index (χ0v) is 9.06. The van der Waals surface area contributed by atoms with Gasteiger partial charge in [-0.15, -0.1) is 0 Å². The van der Waals surface area contributed by atoms with Gasteiger partial charge in [0.05, 0.1) is 5.52 Å². The van der Waals surface area contributed by atoms with Crippen LogP contribution >= 0.6 is 0 Å². The van der Waals surface area contributed by atoms with Crippen LogP contribution in [0.15, 0.2) is 18.2 Å². The van der Waals surface area contributed by atoms with Gasteiger partial charge in [0.2, 0.25) is 0 Å². The van der Waals surface area contributed by atoms with Gasteiger partial charge in [0.25, 0.3) is 0 Å². The van der Waals surface area contributed by atoms with Crippen LogP contribution in [0.2, 0.25) is 0 Å². The van der Waals surface area contributed by atoms with Crippen LogP contribution < -0.4 is 5.32 Å². The summed E-state index contributed by atoms with van der Waals surface area (Å²) in [5.74, 6) is -0.232. The van der Waals surface area contributed by atoms with E-state index in [0.717, 1.165) is 27.8 Å². The van der Waals surface area contributed by atoms with Crippen LogP contribution in [0.1, 0.15) is 11.3 Å². The molecular weight excluding hydrogens is 191 g/mol. The number of hydrogen-bond donors (Lipinski definition) is 1. The second kappa shape index (κ2) is 3.50. The summed E-state index contributed by atoms with van der Waals surface area (Å²) in [5, 5.41) is 3.93. The van der Waals surface area contributed by atoms with Gasteiger partial charge in [0.15, 0.2) is 0 Å². The number of aromatic nitrogens is 1. The minimum atomic E-state index is -0.232. The number of halogens is 1. The standard InChI is InChI=1S/C12H13FN2/c1-7-8(2)15-11-5-4-9(13)6-10(11)12(7)14-3/h4-6H,1-3H3,(H,14,15). The Balaban J connectivity index is 2.89.